The molecule has 0 bridgehead atoms. The van der Waals surface area contributed by atoms with Gasteiger partial charge in [0.25, 0.3) is 10.0 Å². The minimum atomic E-state index is -3.63. The van der Waals surface area contributed by atoms with E-state index < -0.39 is 10.0 Å². The zero-order chi connectivity index (χ0) is 14.3. The number of rotatable bonds is 2. The lowest BCUT2D eigenvalue weighted by atomic mass is 10.3. The summed E-state index contributed by atoms with van der Waals surface area (Å²) in [4.78, 5) is 4.61. The van der Waals surface area contributed by atoms with Gasteiger partial charge in [0, 0.05) is 5.39 Å². The molecule has 0 fully saturated rings. The standard InChI is InChI=1S/C13H8I2N2O2S/c14-11-7-6-9-8-12(15)17(13(9)16-11)20(18,19)10-4-2-1-3-5-10/h1-8H. The van der Waals surface area contributed by atoms with Crippen LogP contribution in [0.4, 0.5) is 0 Å². The van der Waals surface area contributed by atoms with E-state index >= 15 is 0 Å². The molecular formula is C13H8I2N2O2S. The van der Waals surface area contributed by atoms with Crippen LogP contribution in [-0.4, -0.2) is 17.4 Å². The molecule has 0 radical (unpaired) electrons. The van der Waals surface area contributed by atoms with Gasteiger partial charge in [0.15, 0.2) is 5.65 Å². The number of hydrogen-bond acceptors (Lipinski definition) is 3. The summed E-state index contributed by atoms with van der Waals surface area (Å²) in [5, 5.41) is 0.814. The van der Waals surface area contributed by atoms with Crippen molar-refractivity contribution in [2.45, 2.75) is 4.90 Å². The largest absolute Gasteiger partial charge is 0.270 e. The molecule has 7 heteroatoms. The lowest BCUT2D eigenvalue weighted by Crippen LogP contribution is -2.15. The van der Waals surface area contributed by atoms with Gasteiger partial charge in [-0.25, -0.2) is 17.4 Å². The first-order chi connectivity index (χ1) is 9.50. The fourth-order valence-electron chi connectivity index (χ4n) is 1.93. The summed E-state index contributed by atoms with van der Waals surface area (Å²) in [6, 6.07) is 13.9. The van der Waals surface area contributed by atoms with Crippen LogP contribution in [0.25, 0.3) is 11.0 Å². The highest BCUT2D eigenvalue weighted by atomic mass is 127. The van der Waals surface area contributed by atoms with Crippen molar-refractivity contribution in [3.63, 3.8) is 0 Å². The first kappa shape index (κ1) is 14.3. The van der Waals surface area contributed by atoms with Crippen molar-refractivity contribution in [1.82, 2.24) is 8.96 Å². The van der Waals surface area contributed by atoms with Gasteiger partial charge in [-0.3, -0.25) is 0 Å². The van der Waals surface area contributed by atoms with Crippen molar-refractivity contribution in [1.29, 1.82) is 0 Å². The summed E-state index contributed by atoms with van der Waals surface area (Å²) >= 11 is 4.09. The summed E-state index contributed by atoms with van der Waals surface area (Å²) < 4.78 is 28.2. The van der Waals surface area contributed by atoms with Crippen LogP contribution in [0.15, 0.2) is 53.4 Å². The Morgan fingerprint density at radius 3 is 2.40 bits per heavy atom. The molecule has 0 saturated carbocycles. The van der Waals surface area contributed by atoms with Gasteiger partial charge in [-0.15, -0.1) is 0 Å². The first-order valence-electron chi connectivity index (χ1n) is 5.64. The predicted molar refractivity (Wildman–Crippen MR) is 94.2 cm³/mol. The van der Waals surface area contributed by atoms with E-state index in [0.29, 0.717) is 9.35 Å². The van der Waals surface area contributed by atoms with Gasteiger partial charge in [0.2, 0.25) is 0 Å². The Hall–Kier alpha value is -0.680. The molecule has 0 N–H and O–H groups in total. The van der Waals surface area contributed by atoms with Gasteiger partial charge in [-0.2, -0.15) is 0 Å². The second-order valence-electron chi connectivity index (χ2n) is 4.10. The Morgan fingerprint density at radius 2 is 1.70 bits per heavy atom. The summed E-state index contributed by atoms with van der Waals surface area (Å²) in [7, 11) is -3.63. The molecule has 2 heterocycles. The lowest BCUT2D eigenvalue weighted by Gasteiger charge is -2.08. The van der Waals surface area contributed by atoms with E-state index in [9.17, 15) is 8.42 Å². The predicted octanol–water partition coefficient (Wildman–Crippen LogP) is 3.48. The zero-order valence-corrected chi connectivity index (χ0v) is 15.1. The molecule has 1 aromatic carbocycles. The van der Waals surface area contributed by atoms with Crippen LogP contribution in [0, 0.1) is 7.40 Å². The summed E-state index contributed by atoms with van der Waals surface area (Å²) in [5.74, 6) is 0. The molecule has 0 saturated heterocycles. The number of pyridine rings is 1. The maximum atomic E-state index is 12.8. The molecule has 0 unspecified atom stereocenters. The third kappa shape index (κ3) is 2.35. The van der Waals surface area contributed by atoms with Gasteiger partial charge < -0.3 is 0 Å². The van der Waals surface area contributed by atoms with Gasteiger partial charge in [-0.05, 0) is 75.5 Å². The highest BCUT2D eigenvalue weighted by Gasteiger charge is 2.22. The molecule has 2 aromatic heterocycles. The molecule has 0 amide bonds. The fourth-order valence-corrected chi connectivity index (χ4v) is 5.04. The molecule has 0 aliphatic heterocycles. The van der Waals surface area contributed by atoms with Crippen LogP contribution in [0.1, 0.15) is 0 Å². The first-order valence-corrected chi connectivity index (χ1v) is 9.24. The molecule has 0 atom stereocenters. The monoisotopic (exact) mass is 510 g/mol. The van der Waals surface area contributed by atoms with E-state index in [2.05, 4.69) is 27.6 Å². The van der Waals surface area contributed by atoms with Gasteiger partial charge in [0.05, 0.1) is 8.60 Å². The number of fused-ring (bicyclic) bond motifs is 1. The molecule has 3 rings (SSSR count). The van der Waals surface area contributed by atoms with E-state index in [1.54, 1.807) is 30.3 Å². The Bertz CT molecular complexity index is 889. The van der Waals surface area contributed by atoms with Crippen molar-refractivity contribution >= 4 is 66.2 Å². The van der Waals surface area contributed by atoms with Crippen molar-refractivity contribution in [3.8, 4) is 0 Å². The van der Waals surface area contributed by atoms with Gasteiger partial charge >= 0.3 is 0 Å². The highest BCUT2D eigenvalue weighted by Crippen LogP contribution is 2.26. The Labute approximate surface area is 143 Å². The van der Waals surface area contributed by atoms with E-state index in [0.717, 1.165) is 9.09 Å². The van der Waals surface area contributed by atoms with Gasteiger partial charge in [-0.1, -0.05) is 18.2 Å². The van der Waals surface area contributed by atoms with Crippen LogP contribution in [-0.2, 0) is 10.0 Å². The molecule has 0 aliphatic rings. The van der Waals surface area contributed by atoms with Crippen molar-refractivity contribution < 1.29 is 8.42 Å². The van der Waals surface area contributed by atoms with E-state index in [4.69, 9.17) is 0 Å². The van der Waals surface area contributed by atoms with Crippen LogP contribution >= 0.6 is 45.2 Å². The molecule has 0 spiro atoms. The Balaban J connectivity index is 2.35. The van der Waals surface area contributed by atoms with Crippen LogP contribution < -0.4 is 0 Å². The zero-order valence-electron chi connectivity index (χ0n) is 9.99. The van der Waals surface area contributed by atoms with E-state index in [1.807, 2.05) is 40.8 Å². The van der Waals surface area contributed by atoms with Crippen LogP contribution in [0.2, 0.25) is 0 Å². The van der Waals surface area contributed by atoms with E-state index in [1.165, 1.54) is 3.97 Å². The number of halogens is 2. The van der Waals surface area contributed by atoms with Crippen molar-refractivity contribution in [3.05, 3.63) is 55.9 Å². The number of benzene rings is 1. The minimum Gasteiger partial charge on any atom is -0.223 e. The van der Waals surface area contributed by atoms with Crippen molar-refractivity contribution in [2.24, 2.45) is 0 Å². The van der Waals surface area contributed by atoms with E-state index in [-0.39, 0.29) is 4.90 Å². The fraction of sp³-hybridized carbons (Fsp3) is 0. The normalized spacial score (nSPS) is 11.9. The maximum absolute atomic E-state index is 12.8. The van der Waals surface area contributed by atoms with Gasteiger partial charge in [0.1, 0.15) is 3.70 Å². The molecular weight excluding hydrogens is 502 g/mol. The molecule has 0 aliphatic carbocycles. The summed E-state index contributed by atoms with van der Waals surface area (Å²) in [6.07, 6.45) is 0. The number of nitrogens with zero attached hydrogens (tertiary/aromatic N) is 2. The van der Waals surface area contributed by atoms with Crippen LogP contribution in [0.5, 0.6) is 0 Å². The minimum absolute atomic E-state index is 0.260. The average Bonchev–Trinajstić information content (AvgIpc) is 2.75. The molecule has 20 heavy (non-hydrogen) atoms. The Kier molecular flexibility index (Phi) is 3.75. The topological polar surface area (TPSA) is 52.0 Å². The van der Waals surface area contributed by atoms with Crippen LogP contribution in [0.3, 0.4) is 0 Å². The summed E-state index contributed by atoms with van der Waals surface area (Å²) in [5.41, 5.74) is 0.463. The maximum Gasteiger partial charge on any atom is 0.270 e. The Morgan fingerprint density at radius 1 is 1.00 bits per heavy atom. The number of hydrogen-bond donors (Lipinski definition) is 0. The SMILES string of the molecule is O=S(=O)(c1ccccc1)n1c(I)cc2ccc(I)nc21. The van der Waals surface area contributed by atoms with Crippen molar-refractivity contribution in [2.75, 3.05) is 0 Å². The molecule has 4 nitrogen and oxygen atoms in total. The quantitative estimate of drug-likeness (QED) is 0.392. The second kappa shape index (κ2) is 5.26. The third-order valence-corrected chi connectivity index (χ3v) is 6.25. The second-order valence-corrected chi connectivity index (χ2v) is 8.09. The summed E-state index contributed by atoms with van der Waals surface area (Å²) in [6.45, 7) is 0. The molecule has 3 aromatic rings. The third-order valence-electron chi connectivity index (χ3n) is 2.81. The number of aromatic nitrogens is 2. The highest BCUT2D eigenvalue weighted by molar-refractivity contribution is 14.1. The smallest absolute Gasteiger partial charge is 0.223 e. The lowest BCUT2D eigenvalue weighted by molar-refractivity contribution is 0.588. The average molecular weight is 510 g/mol. The molecule has 102 valence electrons.